The van der Waals surface area contributed by atoms with Gasteiger partial charge in [0.15, 0.2) is 0 Å². The maximum atomic E-state index is 12.4. The average Bonchev–Trinajstić information content (AvgIpc) is 3.18. The minimum atomic E-state index is -0.251. The quantitative estimate of drug-likeness (QED) is 0.753. The first-order chi connectivity index (χ1) is 12.5. The molecule has 26 heavy (non-hydrogen) atoms. The maximum Gasteiger partial charge on any atom is 0.265 e. The number of amides is 2. The van der Waals surface area contributed by atoms with Crippen molar-refractivity contribution in [1.29, 1.82) is 0 Å². The number of likely N-dealkylation sites (tertiary alicyclic amines) is 1. The number of nitrogens with zero attached hydrogens (tertiary/aromatic N) is 1. The van der Waals surface area contributed by atoms with Gasteiger partial charge in [-0.2, -0.15) is 0 Å². The fourth-order valence-corrected chi connectivity index (χ4v) is 3.54. The van der Waals surface area contributed by atoms with Crippen LogP contribution < -0.4 is 10.6 Å². The normalized spacial score (nSPS) is 16.8. The average molecular weight is 373 g/mol. The van der Waals surface area contributed by atoms with Crippen molar-refractivity contribution in [2.24, 2.45) is 0 Å². The predicted octanol–water partition coefficient (Wildman–Crippen LogP) is 2.78. The van der Waals surface area contributed by atoms with E-state index in [1.54, 1.807) is 30.3 Å². The zero-order valence-corrected chi connectivity index (χ0v) is 15.5. The molecule has 1 aliphatic heterocycles. The maximum absolute atomic E-state index is 12.4. The molecule has 0 spiro atoms. The highest BCUT2D eigenvalue weighted by atomic mass is 32.1. The van der Waals surface area contributed by atoms with Gasteiger partial charge in [0.2, 0.25) is 5.91 Å². The Bertz CT molecular complexity index is 738. The van der Waals surface area contributed by atoms with Crippen molar-refractivity contribution in [2.45, 2.75) is 31.9 Å². The van der Waals surface area contributed by atoms with E-state index in [1.165, 1.54) is 11.3 Å². The molecule has 7 heteroatoms. The molecule has 0 saturated carbocycles. The molecule has 1 aromatic heterocycles. The summed E-state index contributed by atoms with van der Waals surface area (Å²) in [7, 11) is 0. The lowest BCUT2D eigenvalue weighted by Crippen LogP contribution is -2.47. The molecule has 0 bridgehead atoms. The highest BCUT2D eigenvalue weighted by molar-refractivity contribution is 7.12. The van der Waals surface area contributed by atoms with E-state index in [4.69, 9.17) is 0 Å². The number of aliphatic hydroxyl groups is 1. The molecule has 3 N–H and O–H groups in total. The van der Waals surface area contributed by atoms with Gasteiger partial charge >= 0.3 is 0 Å². The Hall–Kier alpha value is -2.22. The second kappa shape index (κ2) is 8.44. The first-order valence-electron chi connectivity index (χ1n) is 8.71. The van der Waals surface area contributed by atoms with Gasteiger partial charge in [-0.3, -0.25) is 14.5 Å². The van der Waals surface area contributed by atoms with Crippen LogP contribution in [0.2, 0.25) is 0 Å². The van der Waals surface area contributed by atoms with E-state index in [-0.39, 0.29) is 24.0 Å². The number of anilines is 2. The third-order valence-electron chi connectivity index (χ3n) is 4.58. The van der Waals surface area contributed by atoms with E-state index in [2.05, 4.69) is 15.5 Å². The molecule has 2 amide bonds. The molecular formula is C19H23N3O3S. The number of benzene rings is 1. The number of carbonyl (C=O) groups excluding carboxylic acids is 2. The van der Waals surface area contributed by atoms with Crippen LogP contribution in [0.5, 0.6) is 0 Å². The van der Waals surface area contributed by atoms with Crippen LogP contribution in [-0.2, 0) is 4.79 Å². The van der Waals surface area contributed by atoms with Gasteiger partial charge in [-0.05, 0) is 55.5 Å². The Morgan fingerprint density at radius 1 is 1.12 bits per heavy atom. The topological polar surface area (TPSA) is 81.7 Å². The summed E-state index contributed by atoms with van der Waals surface area (Å²) < 4.78 is 0. The van der Waals surface area contributed by atoms with Crippen molar-refractivity contribution in [2.75, 3.05) is 23.7 Å². The number of aliphatic hydroxyl groups excluding tert-OH is 1. The molecule has 1 aliphatic rings. The minimum Gasteiger partial charge on any atom is -0.393 e. The zero-order valence-electron chi connectivity index (χ0n) is 14.6. The second-order valence-electron chi connectivity index (χ2n) is 6.44. The van der Waals surface area contributed by atoms with E-state index >= 15 is 0 Å². The predicted molar refractivity (Wildman–Crippen MR) is 104 cm³/mol. The smallest absolute Gasteiger partial charge is 0.265 e. The third kappa shape index (κ3) is 4.69. The number of rotatable bonds is 5. The van der Waals surface area contributed by atoms with Crippen LogP contribution >= 0.6 is 11.3 Å². The Kier molecular flexibility index (Phi) is 6.03. The van der Waals surface area contributed by atoms with Gasteiger partial charge in [-0.1, -0.05) is 6.07 Å². The molecule has 2 aromatic rings. The van der Waals surface area contributed by atoms with Crippen LogP contribution in [-0.4, -0.2) is 47.1 Å². The van der Waals surface area contributed by atoms with Crippen molar-refractivity contribution in [3.05, 3.63) is 46.7 Å². The van der Waals surface area contributed by atoms with Crippen LogP contribution in [0.1, 0.15) is 29.4 Å². The molecule has 1 fully saturated rings. The molecule has 1 aromatic carbocycles. The standard InChI is InChI=1S/C19H23N3O3S/c1-13(22-10-8-16(23)9-11-22)18(24)20-14-4-6-15(7-5-14)21-19(25)17-3-2-12-26-17/h2-7,12-13,16,23H,8-11H2,1H3,(H,20,24)(H,21,25)/t13-/m0/s1. The molecule has 0 unspecified atom stereocenters. The van der Waals surface area contributed by atoms with Gasteiger partial charge in [-0.15, -0.1) is 11.3 Å². The van der Waals surface area contributed by atoms with Crippen molar-refractivity contribution in [3.8, 4) is 0 Å². The molecule has 1 saturated heterocycles. The summed E-state index contributed by atoms with van der Waals surface area (Å²) in [5.41, 5.74) is 1.37. The van der Waals surface area contributed by atoms with E-state index in [1.807, 2.05) is 18.4 Å². The summed E-state index contributed by atoms with van der Waals surface area (Å²) in [5.74, 6) is -0.213. The lowest BCUT2D eigenvalue weighted by atomic mass is 10.1. The Morgan fingerprint density at radius 2 is 1.73 bits per heavy atom. The second-order valence-corrected chi connectivity index (χ2v) is 7.39. The SMILES string of the molecule is C[C@@H](C(=O)Nc1ccc(NC(=O)c2cccs2)cc1)N1CCC(O)CC1. The van der Waals surface area contributed by atoms with Crippen LogP contribution in [0.25, 0.3) is 0 Å². The van der Waals surface area contributed by atoms with Crippen LogP contribution in [0.15, 0.2) is 41.8 Å². The van der Waals surface area contributed by atoms with Crippen LogP contribution in [0.4, 0.5) is 11.4 Å². The molecule has 1 atom stereocenters. The number of nitrogens with one attached hydrogen (secondary N) is 2. The van der Waals surface area contributed by atoms with E-state index in [0.29, 0.717) is 29.1 Å². The first-order valence-corrected chi connectivity index (χ1v) is 9.59. The number of hydrogen-bond acceptors (Lipinski definition) is 5. The van der Waals surface area contributed by atoms with E-state index in [9.17, 15) is 14.7 Å². The van der Waals surface area contributed by atoms with Crippen molar-refractivity contribution in [1.82, 2.24) is 4.90 Å². The lowest BCUT2D eigenvalue weighted by Gasteiger charge is -2.33. The molecule has 3 rings (SSSR count). The summed E-state index contributed by atoms with van der Waals surface area (Å²) in [6.45, 7) is 3.33. The summed E-state index contributed by atoms with van der Waals surface area (Å²) in [4.78, 5) is 27.2. The summed E-state index contributed by atoms with van der Waals surface area (Å²) >= 11 is 1.39. The lowest BCUT2D eigenvalue weighted by molar-refractivity contribution is -0.121. The Labute approximate surface area is 156 Å². The Morgan fingerprint density at radius 3 is 2.31 bits per heavy atom. The largest absolute Gasteiger partial charge is 0.393 e. The van der Waals surface area contributed by atoms with Gasteiger partial charge < -0.3 is 15.7 Å². The zero-order chi connectivity index (χ0) is 18.5. The molecule has 138 valence electrons. The van der Waals surface area contributed by atoms with E-state index in [0.717, 1.165) is 13.1 Å². The molecule has 6 nitrogen and oxygen atoms in total. The summed E-state index contributed by atoms with van der Waals surface area (Å²) in [6.07, 6.45) is 1.16. The van der Waals surface area contributed by atoms with Gasteiger partial charge in [0.25, 0.3) is 5.91 Å². The number of hydrogen-bond donors (Lipinski definition) is 3. The minimum absolute atomic E-state index is 0.0724. The fourth-order valence-electron chi connectivity index (χ4n) is 2.92. The van der Waals surface area contributed by atoms with Gasteiger partial charge in [0, 0.05) is 24.5 Å². The molecule has 0 aliphatic carbocycles. The monoisotopic (exact) mass is 373 g/mol. The van der Waals surface area contributed by atoms with Crippen LogP contribution in [0, 0.1) is 0 Å². The first kappa shape index (κ1) is 18.6. The molecular weight excluding hydrogens is 350 g/mol. The highest BCUT2D eigenvalue weighted by Crippen LogP contribution is 2.18. The summed E-state index contributed by atoms with van der Waals surface area (Å²) in [5, 5.41) is 17.2. The van der Waals surface area contributed by atoms with Gasteiger partial charge in [0.1, 0.15) is 0 Å². The van der Waals surface area contributed by atoms with Crippen molar-refractivity contribution in [3.63, 3.8) is 0 Å². The third-order valence-corrected chi connectivity index (χ3v) is 5.45. The van der Waals surface area contributed by atoms with Crippen LogP contribution in [0.3, 0.4) is 0 Å². The van der Waals surface area contributed by atoms with Gasteiger partial charge in [0.05, 0.1) is 17.0 Å². The Balaban J connectivity index is 1.53. The van der Waals surface area contributed by atoms with Gasteiger partial charge in [-0.25, -0.2) is 0 Å². The summed E-state index contributed by atoms with van der Waals surface area (Å²) in [6, 6.07) is 10.4. The highest BCUT2D eigenvalue weighted by Gasteiger charge is 2.25. The van der Waals surface area contributed by atoms with E-state index < -0.39 is 0 Å². The van der Waals surface area contributed by atoms with Crippen molar-refractivity contribution < 1.29 is 14.7 Å². The molecule has 2 heterocycles. The fraction of sp³-hybridized carbons (Fsp3) is 0.368. The number of carbonyl (C=O) groups is 2. The number of piperidine rings is 1. The van der Waals surface area contributed by atoms with Crippen molar-refractivity contribution >= 4 is 34.5 Å². The number of thiophene rings is 1. The molecule has 0 radical (unpaired) electrons.